The summed E-state index contributed by atoms with van der Waals surface area (Å²) in [5, 5.41) is 1.93. The second-order valence-electron chi connectivity index (χ2n) is 9.17. The number of carbonyl (C=O) groups is 2. The average Bonchev–Trinajstić information content (AvgIpc) is 3.53. The fraction of sp³-hybridized carbons (Fsp3) is 0.333. The molecule has 0 atom stereocenters. The first-order chi connectivity index (χ1) is 17.6. The van der Waals surface area contributed by atoms with Crippen molar-refractivity contribution in [1.29, 1.82) is 0 Å². The molecule has 0 saturated heterocycles. The normalized spacial score (nSPS) is 12.6. The molecule has 196 valence electrons. The quantitative estimate of drug-likeness (QED) is 0.348. The predicted octanol–water partition coefficient (Wildman–Crippen LogP) is 5.82. The van der Waals surface area contributed by atoms with Crippen molar-refractivity contribution in [1.82, 2.24) is 9.80 Å². The molecule has 6 nitrogen and oxygen atoms in total. The molecule has 0 bridgehead atoms. The van der Waals surface area contributed by atoms with Gasteiger partial charge in [-0.3, -0.25) is 9.59 Å². The number of amides is 2. The van der Waals surface area contributed by atoms with E-state index in [1.54, 1.807) is 11.0 Å². The number of thiophene rings is 1. The molecule has 0 N–H and O–H groups in total. The molecule has 0 radical (unpaired) electrons. The number of hydrogen-bond donors (Lipinski definition) is 0. The molecule has 1 aliphatic rings. The maximum atomic E-state index is 13.6. The Bertz CT molecular complexity index is 1230. The number of benzene rings is 2. The molecule has 3 aromatic rings. The molecule has 2 amide bonds. The minimum Gasteiger partial charge on any atom is -0.454 e. The molecule has 0 saturated carbocycles. The standard InChI is InChI=1S/C27H27F3N2O4S/c1-18(2)13-32(26(34)20-6-8-21(9-7-20)27(28,29)30)16-25(33)31(15-22-4-3-11-37-22)14-19-5-10-23-24(12-19)36-17-35-23/h3-12,18H,13-17H2,1-2H3. The van der Waals surface area contributed by atoms with Crippen molar-refractivity contribution < 1.29 is 32.2 Å². The van der Waals surface area contributed by atoms with Crippen LogP contribution < -0.4 is 9.47 Å². The minimum atomic E-state index is -4.49. The van der Waals surface area contributed by atoms with E-state index in [4.69, 9.17) is 9.47 Å². The summed E-state index contributed by atoms with van der Waals surface area (Å²) >= 11 is 1.52. The summed E-state index contributed by atoms with van der Waals surface area (Å²) in [4.78, 5) is 30.8. The molecule has 0 unspecified atom stereocenters. The number of rotatable bonds is 9. The summed E-state index contributed by atoms with van der Waals surface area (Å²) in [7, 11) is 0. The van der Waals surface area contributed by atoms with Crippen LogP contribution >= 0.6 is 11.3 Å². The van der Waals surface area contributed by atoms with Crippen LogP contribution in [0, 0.1) is 5.92 Å². The van der Waals surface area contributed by atoms with Crippen molar-refractivity contribution in [3.05, 3.63) is 81.5 Å². The highest BCUT2D eigenvalue weighted by Crippen LogP contribution is 2.33. The van der Waals surface area contributed by atoms with E-state index in [9.17, 15) is 22.8 Å². The van der Waals surface area contributed by atoms with E-state index in [2.05, 4.69) is 0 Å². The number of hydrogen-bond acceptors (Lipinski definition) is 5. The van der Waals surface area contributed by atoms with Crippen LogP contribution in [0.25, 0.3) is 0 Å². The summed E-state index contributed by atoms with van der Waals surface area (Å²) in [5.74, 6) is 0.540. The van der Waals surface area contributed by atoms with E-state index in [0.29, 0.717) is 18.0 Å². The number of ether oxygens (including phenoxy) is 2. The van der Waals surface area contributed by atoms with E-state index >= 15 is 0 Å². The van der Waals surface area contributed by atoms with Crippen molar-refractivity contribution >= 4 is 23.2 Å². The summed E-state index contributed by atoms with van der Waals surface area (Å²) in [5.41, 5.74) is 0.113. The molecule has 10 heteroatoms. The van der Waals surface area contributed by atoms with Crippen LogP contribution in [0.15, 0.2) is 60.0 Å². The maximum absolute atomic E-state index is 13.6. The first kappa shape index (κ1) is 26.5. The maximum Gasteiger partial charge on any atom is 0.416 e. The molecule has 4 rings (SSSR count). The second kappa shape index (κ2) is 11.2. The Labute approximate surface area is 217 Å². The summed E-state index contributed by atoms with van der Waals surface area (Å²) in [6.07, 6.45) is -4.49. The van der Waals surface area contributed by atoms with E-state index < -0.39 is 17.6 Å². The molecular formula is C27H27F3N2O4S. The molecule has 0 spiro atoms. The van der Waals surface area contributed by atoms with Gasteiger partial charge in [-0.1, -0.05) is 26.0 Å². The zero-order valence-corrected chi connectivity index (χ0v) is 21.3. The smallest absolute Gasteiger partial charge is 0.416 e. The van der Waals surface area contributed by atoms with Gasteiger partial charge in [-0.2, -0.15) is 13.2 Å². The van der Waals surface area contributed by atoms with Gasteiger partial charge in [0, 0.05) is 23.5 Å². The highest BCUT2D eigenvalue weighted by atomic mass is 32.1. The van der Waals surface area contributed by atoms with Crippen LogP contribution in [0.2, 0.25) is 0 Å². The lowest BCUT2D eigenvalue weighted by Crippen LogP contribution is -2.43. The van der Waals surface area contributed by atoms with Gasteiger partial charge in [0.25, 0.3) is 5.91 Å². The van der Waals surface area contributed by atoms with Crippen molar-refractivity contribution in [2.24, 2.45) is 5.92 Å². The Balaban J connectivity index is 1.54. The molecule has 1 aromatic heterocycles. The SMILES string of the molecule is CC(C)CN(CC(=O)N(Cc1ccc2c(c1)OCO2)Cc1cccs1)C(=O)c1ccc(C(F)(F)F)cc1. The second-order valence-corrected chi connectivity index (χ2v) is 10.2. The van der Waals surface area contributed by atoms with Crippen LogP contribution in [-0.4, -0.2) is 41.5 Å². The van der Waals surface area contributed by atoms with Crippen LogP contribution in [0.5, 0.6) is 11.5 Å². The van der Waals surface area contributed by atoms with Gasteiger partial charge in [-0.15, -0.1) is 11.3 Å². The first-order valence-corrected chi connectivity index (χ1v) is 12.6. The number of alkyl halides is 3. The van der Waals surface area contributed by atoms with Gasteiger partial charge in [0.15, 0.2) is 11.5 Å². The average molecular weight is 533 g/mol. The Morgan fingerprint density at radius 3 is 2.35 bits per heavy atom. The minimum absolute atomic E-state index is 0.0470. The first-order valence-electron chi connectivity index (χ1n) is 11.8. The largest absolute Gasteiger partial charge is 0.454 e. The van der Waals surface area contributed by atoms with Crippen LogP contribution in [0.3, 0.4) is 0 Å². The van der Waals surface area contributed by atoms with E-state index in [-0.39, 0.29) is 43.8 Å². The lowest BCUT2D eigenvalue weighted by atomic mass is 10.1. The zero-order valence-electron chi connectivity index (χ0n) is 20.5. The van der Waals surface area contributed by atoms with Gasteiger partial charge in [0.2, 0.25) is 12.7 Å². The number of carbonyl (C=O) groups excluding carboxylic acids is 2. The molecule has 37 heavy (non-hydrogen) atoms. The number of halogens is 3. The van der Waals surface area contributed by atoms with Crippen molar-refractivity contribution in [2.75, 3.05) is 19.9 Å². The zero-order chi connectivity index (χ0) is 26.6. The molecule has 0 aliphatic carbocycles. The Morgan fingerprint density at radius 2 is 1.70 bits per heavy atom. The van der Waals surface area contributed by atoms with Crippen LogP contribution in [0.4, 0.5) is 13.2 Å². The topological polar surface area (TPSA) is 59.1 Å². The molecule has 2 heterocycles. The van der Waals surface area contributed by atoms with Gasteiger partial charge in [-0.05, 0) is 59.3 Å². The van der Waals surface area contributed by atoms with Gasteiger partial charge in [0.05, 0.1) is 12.1 Å². The van der Waals surface area contributed by atoms with Crippen molar-refractivity contribution in [3.63, 3.8) is 0 Å². The van der Waals surface area contributed by atoms with Gasteiger partial charge in [-0.25, -0.2) is 0 Å². The van der Waals surface area contributed by atoms with Crippen LogP contribution in [0.1, 0.15) is 40.2 Å². The van der Waals surface area contributed by atoms with Crippen molar-refractivity contribution in [2.45, 2.75) is 33.1 Å². The Morgan fingerprint density at radius 1 is 0.973 bits per heavy atom. The summed E-state index contributed by atoms with van der Waals surface area (Å²) in [6, 6.07) is 13.4. The fourth-order valence-electron chi connectivity index (χ4n) is 3.99. The molecular weight excluding hydrogens is 505 g/mol. The van der Waals surface area contributed by atoms with E-state index in [0.717, 1.165) is 34.7 Å². The lowest BCUT2D eigenvalue weighted by Gasteiger charge is -2.29. The molecule has 0 fully saturated rings. The fourth-order valence-corrected chi connectivity index (χ4v) is 4.71. The number of nitrogens with zero attached hydrogens (tertiary/aromatic N) is 2. The summed E-state index contributed by atoms with van der Waals surface area (Å²) in [6.45, 7) is 4.69. The Kier molecular flexibility index (Phi) is 8.06. The highest BCUT2D eigenvalue weighted by molar-refractivity contribution is 7.09. The molecule has 1 aliphatic heterocycles. The third-order valence-electron chi connectivity index (χ3n) is 5.75. The highest BCUT2D eigenvalue weighted by Gasteiger charge is 2.31. The predicted molar refractivity (Wildman–Crippen MR) is 133 cm³/mol. The third kappa shape index (κ3) is 6.82. The van der Waals surface area contributed by atoms with Crippen LogP contribution in [-0.2, 0) is 24.1 Å². The van der Waals surface area contributed by atoms with E-state index in [1.807, 2.05) is 43.5 Å². The van der Waals surface area contributed by atoms with E-state index in [1.165, 1.54) is 16.2 Å². The van der Waals surface area contributed by atoms with Gasteiger partial charge >= 0.3 is 6.18 Å². The lowest BCUT2D eigenvalue weighted by molar-refractivity contribution is -0.137. The van der Waals surface area contributed by atoms with Gasteiger partial charge in [0.1, 0.15) is 6.54 Å². The van der Waals surface area contributed by atoms with Gasteiger partial charge < -0.3 is 19.3 Å². The third-order valence-corrected chi connectivity index (χ3v) is 6.61. The number of fused-ring (bicyclic) bond motifs is 1. The monoisotopic (exact) mass is 532 g/mol. The van der Waals surface area contributed by atoms with Crippen molar-refractivity contribution in [3.8, 4) is 11.5 Å². The Hall–Kier alpha value is -3.53. The summed E-state index contributed by atoms with van der Waals surface area (Å²) < 4.78 is 49.7. The molecule has 2 aromatic carbocycles.